The molecule has 136 valence electrons. The van der Waals surface area contributed by atoms with Crippen LogP contribution in [-0.2, 0) is 0 Å². The lowest BCUT2D eigenvalue weighted by atomic mass is 9.91. The second-order valence-corrected chi connectivity index (χ2v) is 19.6. The molecule has 0 spiro atoms. The average Bonchev–Trinajstić information content (AvgIpc) is 2.55. The molecule has 2 rings (SSSR count). The molecule has 0 fully saturated rings. The summed E-state index contributed by atoms with van der Waals surface area (Å²) >= 11 is 0. The summed E-state index contributed by atoms with van der Waals surface area (Å²) in [6.07, 6.45) is 13.1. The minimum absolute atomic E-state index is 0.638. The van der Waals surface area contributed by atoms with Gasteiger partial charge in [-0.3, -0.25) is 0 Å². The molecule has 1 aliphatic rings. The van der Waals surface area contributed by atoms with Gasteiger partial charge < -0.3 is 0 Å². The Balaban J connectivity index is 2.04. The molecule has 1 atom stereocenters. The van der Waals surface area contributed by atoms with Crippen LogP contribution >= 0.6 is 0 Å². The molecule has 0 N–H and O–H groups in total. The fourth-order valence-corrected chi connectivity index (χ4v) is 5.82. The lowest BCUT2D eigenvalue weighted by molar-refractivity contribution is 0.672. The van der Waals surface area contributed by atoms with Gasteiger partial charge in [-0.25, -0.2) is 0 Å². The van der Waals surface area contributed by atoms with E-state index in [0.717, 1.165) is 12.8 Å². The third-order valence-corrected chi connectivity index (χ3v) is 9.47. The Labute approximate surface area is 157 Å². The molecular weight excluding hydrogens is 332 g/mol. The summed E-state index contributed by atoms with van der Waals surface area (Å²) < 4.78 is 0. The Morgan fingerprint density at radius 1 is 0.920 bits per heavy atom. The van der Waals surface area contributed by atoms with E-state index in [1.165, 1.54) is 17.6 Å². The van der Waals surface area contributed by atoms with Gasteiger partial charge in [-0.2, -0.15) is 0 Å². The molecule has 25 heavy (non-hydrogen) atoms. The first-order valence-electron chi connectivity index (χ1n) is 9.79. The molecule has 0 nitrogen and oxygen atoms in total. The van der Waals surface area contributed by atoms with Gasteiger partial charge in [-0.15, -0.1) is 0 Å². The Kier molecular flexibility index (Phi) is 6.50. The molecule has 1 aromatic carbocycles. The van der Waals surface area contributed by atoms with Gasteiger partial charge >= 0.3 is 0 Å². The smallest absolute Gasteiger partial charge is 0.0775 e. The lowest BCUT2D eigenvalue weighted by Crippen LogP contribution is -2.37. The van der Waals surface area contributed by atoms with Crippen LogP contribution in [0.4, 0.5) is 0 Å². The maximum Gasteiger partial charge on any atom is 0.0775 e. The van der Waals surface area contributed by atoms with Crippen molar-refractivity contribution >= 4 is 21.3 Å². The molecule has 0 saturated carbocycles. The summed E-state index contributed by atoms with van der Waals surface area (Å²) in [5.74, 6) is 0.638. The van der Waals surface area contributed by atoms with E-state index in [1.807, 2.05) is 0 Å². The van der Waals surface area contributed by atoms with Gasteiger partial charge in [-0.05, 0) is 36.3 Å². The lowest BCUT2D eigenvalue weighted by Gasteiger charge is -2.21. The number of hydrogen-bond donors (Lipinski definition) is 0. The van der Waals surface area contributed by atoms with Gasteiger partial charge in [0.25, 0.3) is 0 Å². The molecule has 0 aliphatic heterocycles. The SMILES string of the molecule is CCC(CC=C1C=CC([Si](C)(C)C)=CC1)c1ccc([Si](C)(C)C)cc1. The predicted octanol–water partition coefficient (Wildman–Crippen LogP) is 6.81. The second kappa shape index (κ2) is 8.05. The zero-order valence-electron chi connectivity index (χ0n) is 17.3. The van der Waals surface area contributed by atoms with E-state index in [1.54, 1.807) is 10.4 Å². The monoisotopic (exact) mass is 368 g/mol. The average molecular weight is 369 g/mol. The molecule has 0 heterocycles. The van der Waals surface area contributed by atoms with E-state index < -0.39 is 16.1 Å². The third kappa shape index (κ3) is 5.68. The van der Waals surface area contributed by atoms with Crippen LogP contribution < -0.4 is 5.19 Å². The van der Waals surface area contributed by atoms with Crippen molar-refractivity contribution in [3.63, 3.8) is 0 Å². The first-order chi connectivity index (χ1) is 11.6. The number of rotatable bonds is 6. The van der Waals surface area contributed by atoms with E-state index in [2.05, 4.69) is 94.8 Å². The van der Waals surface area contributed by atoms with Gasteiger partial charge in [0.1, 0.15) is 0 Å². The van der Waals surface area contributed by atoms with Crippen molar-refractivity contribution in [2.75, 3.05) is 0 Å². The summed E-state index contributed by atoms with van der Waals surface area (Å²) in [4.78, 5) is 0. The highest BCUT2D eigenvalue weighted by molar-refractivity contribution is 6.88. The van der Waals surface area contributed by atoms with Gasteiger partial charge in [0.2, 0.25) is 0 Å². The zero-order chi connectivity index (χ0) is 18.7. The van der Waals surface area contributed by atoms with E-state index in [9.17, 15) is 0 Å². The van der Waals surface area contributed by atoms with Crippen LogP contribution in [0.25, 0.3) is 0 Å². The molecule has 0 aromatic heterocycles. The Morgan fingerprint density at radius 3 is 2.00 bits per heavy atom. The number of hydrogen-bond acceptors (Lipinski definition) is 0. The molecular formula is C23H36Si2. The normalized spacial score (nSPS) is 18.4. The van der Waals surface area contributed by atoms with Crippen LogP contribution in [0, 0.1) is 0 Å². The summed E-state index contributed by atoms with van der Waals surface area (Å²) in [5.41, 5.74) is 2.98. The van der Waals surface area contributed by atoms with Crippen molar-refractivity contribution < 1.29 is 0 Å². The highest BCUT2D eigenvalue weighted by atomic mass is 28.3. The topological polar surface area (TPSA) is 0 Å². The molecule has 1 aliphatic carbocycles. The second-order valence-electron chi connectivity index (χ2n) is 9.44. The Hall–Kier alpha value is -1.13. The molecule has 0 amide bonds. The highest BCUT2D eigenvalue weighted by Crippen LogP contribution is 2.27. The minimum Gasteiger partial charge on any atom is -0.0809 e. The maximum atomic E-state index is 2.47. The van der Waals surface area contributed by atoms with Crippen molar-refractivity contribution in [3.8, 4) is 0 Å². The fraction of sp³-hybridized carbons (Fsp3) is 0.478. The highest BCUT2D eigenvalue weighted by Gasteiger charge is 2.19. The standard InChI is InChI=1S/C23H36Si2/c1-8-20(21-13-17-23(18-14-21)25(5,6)7)12-9-19-10-15-22(16-11-19)24(2,3)4/h9-10,13-18,20H,8,11-12H2,1-7H3. The van der Waals surface area contributed by atoms with Crippen LogP contribution in [0.2, 0.25) is 39.3 Å². The van der Waals surface area contributed by atoms with Crippen LogP contribution in [0.3, 0.4) is 0 Å². The molecule has 1 unspecified atom stereocenters. The minimum atomic E-state index is -1.19. The van der Waals surface area contributed by atoms with Crippen molar-refractivity contribution in [2.24, 2.45) is 0 Å². The largest absolute Gasteiger partial charge is 0.0809 e. The van der Waals surface area contributed by atoms with Crippen LogP contribution in [0.15, 0.2) is 59.3 Å². The quantitative estimate of drug-likeness (QED) is 0.484. The summed E-state index contributed by atoms with van der Waals surface area (Å²) in [5, 5.41) is 3.15. The van der Waals surface area contributed by atoms with Crippen molar-refractivity contribution in [1.29, 1.82) is 0 Å². The summed E-state index contributed by atoms with van der Waals surface area (Å²) in [7, 11) is -2.35. The molecule has 0 bridgehead atoms. The first-order valence-corrected chi connectivity index (χ1v) is 16.8. The molecule has 2 heteroatoms. The fourth-order valence-electron chi connectivity index (χ4n) is 3.36. The van der Waals surface area contributed by atoms with Crippen LogP contribution in [-0.4, -0.2) is 16.1 Å². The van der Waals surface area contributed by atoms with Gasteiger partial charge in [0.05, 0.1) is 16.1 Å². The first kappa shape index (κ1) is 20.2. The van der Waals surface area contributed by atoms with E-state index in [0.29, 0.717) is 5.92 Å². The van der Waals surface area contributed by atoms with Crippen LogP contribution in [0.5, 0.6) is 0 Å². The number of benzene rings is 1. The molecule has 0 radical (unpaired) electrons. The predicted molar refractivity (Wildman–Crippen MR) is 120 cm³/mol. The van der Waals surface area contributed by atoms with Crippen LogP contribution in [0.1, 0.15) is 37.7 Å². The maximum absolute atomic E-state index is 2.47. The van der Waals surface area contributed by atoms with E-state index in [-0.39, 0.29) is 0 Å². The zero-order valence-corrected chi connectivity index (χ0v) is 19.3. The van der Waals surface area contributed by atoms with Crippen molar-refractivity contribution in [2.45, 2.75) is 71.4 Å². The third-order valence-electron chi connectivity index (χ3n) is 5.31. The number of allylic oxidation sites excluding steroid dienone is 6. The Bertz CT molecular complexity index is 662. The van der Waals surface area contributed by atoms with Crippen molar-refractivity contribution in [3.05, 3.63) is 64.9 Å². The van der Waals surface area contributed by atoms with E-state index in [4.69, 9.17) is 0 Å². The summed E-state index contributed by atoms with van der Waals surface area (Å²) in [6.45, 7) is 16.8. The molecule has 1 aromatic rings. The Morgan fingerprint density at radius 2 is 1.56 bits per heavy atom. The van der Waals surface area contributed by atoms with Gasteiger partial charge in [0, 0.05) is 0 Å². The molecule has 0 saturated heterocycles. The van der Waals surface area contributed by atoms with Crippen molar-refractivity contribution in [1.82, 2.24) is 0 Å². The summed E-state index contributed by atoms with van der Waals surface area (Å²) in [6, 6.07) is 9.50. The van der Waals surface area contributed by atoms with Gasteiger partial charge in [0.15, 0.2) is 0 Å². The van der Waals surface area contributed by atoms with E-state index >= 15 is 0 Å². The van der Waals surface area contributed by atoms with Gasteiger partial charge in [-0.1, -0.05) is 105 Å².